The molecule has 8 heteroatoms. The van der Waals surface area contributed by atoms with Crippen molar-refractivity contribution in [3.8, 4) is 11.1 Å². The second-order valence-corrected chi connectivity index (χ2v) is 8.81. The summed E-state index contributed by atoms with van der Waals surface area (Å²) in [6.45, 7) is 4.29. The lowest BCUT2D eigenvalue weighted by molar-refractivity contribution is -0.113. The summed E-state index contributed by atoms with van der Waals surface area (Å²) in [5.41, 5.74) is 4.07. The van der Waals surface area contributed by atoms with Crippen molar-refractivity contribution < 1.29 is 9.18 Å². The predicted octanol–water partition coefficient (Wildman–Crippen LogP) is 4.99. The zero-order valence-corrected chi connectivity index (χ0v) is 19.6. The van der Waals surface area contributed by atoms with Crippen LogP contribution in [-0.4, -0.2) is 25.8 Å². The monoisotopic (exact) mass is 464 g/mol. The van der Waals surface area contributed by atoms with Gasteiger partial charge >= 0.3 is 0 Å². The number of hydrogen-bond acceptors (Lipinski definition) is 4. The van der Waals surface area contributed by atoms with Gasteiger partial charge in [-0.15, -0.1) is 0 Å². The quantitative estimate of drug-likeness (QED) is 0.309. The van der Waals surface area contributed by atoms with Gasteiger partial charge in [-0.2, -0.15) is 0 Å². The second kappa shape index (κ2) is 9.62. The van der Waals surface area contributed by atoms with E-state index in [0.717, 1.165) is 23.1 Å². The first-order valence-corrected chi connectivity index (χ1v) is 11.7. The molecule has 170 valence electrons. The SMILES string of the molecule is CCCn1c(SCC(=O)Nc2cc(F)ccc2C)nc2c(-c3ccccc3)cn(C)c2c1=O. The first kappa shape index (κ1) is 22.8. The fourth-order valence-electron chi connectivity index (χ4n) is 3.76. The van der Waals surface area contributed by atoms with Crippen LogP contribution in [0.3, 0.4) is 0 Å². The number of aryl methyl sites for hydroxylation is 2. The minimum Gasteiger partial charge on any atom is -0.344 e. The van der Waals surface area contributed by atoms with Gasteiger partial charge in [-0.3, -0.25) is 14.2 Å². The number of aromatic nitrogens is 3. The van der Waals surface area contributed by atoms with Gasteiger partial charge in [0.1, 0.15) is 16.9 Å². The van der Waals surface area contributed by atoms with Crippen LogP contribution in [0.4, 0.5) is 10.1 Å². The van der Waals surface area contributed by atoms with Crippen molar-refractivity contribution in [3.63, 3.8) is 0 Å². The number of nitrogens with zero attached hydrogens (tertiary/aromatic N) is 3. The molecular weight excluding hydrogens is 439 g/mol. The fourth-order valence-corrected chi connectivity index (χ4v) is 4.57. The van der Waals surface area contributed by atoms with E-state index in [1.807, 2.05) is 55.1 Å². The van der Waals surface area contributed by atoms with E-state index in [0.29, 0.717) is 28.4 Å². The van der Waals surface area contributed by atoms with Crippen molar-refractivity contribution >= 4 is 34.4 Å². The molecule has 1 N–H and O–H groups in total. The topological polar surface area (TPSA) is 68.9 Å². The van der Waals surface area contributed by atoms with E-state index in [9.17, 15) is 14.0 Å². The van der Waals surface area contributed by atoms with Crippen LogP contribution in [0.2, 0.25) is 0 Å². The lowest BCUT2D eigenvalue weighted by Gasteiger charge is -2.13. The zero-order valence-electron chi connectivity index (χ0n) is 18.8. The van der Waals surface area contributed by atoms with Gasteiger partial charge < -0.3 is 9.88 Å². The largest absolute Gasteiger partial charge is 0.344 e. The Labute approximate surface area is 195 Å². The molecule has 0 atom stereocenters. The smallest absolute Gasteiger partial charge is 0.278 e. The van der Waals surface area contributed by atoms with E-state index < -0.39 is 5.82 Å². The van der Waals surface area contributed by atoms with E-state index in [2.05, 4.69) is 5.32 Å². The van der Waals surface area contributed by atoms with Crippen molar-refractivity contribution in [3.05, 3.63) is 76.5 Å². The molecule has 6 nitrogen and oxygen atoms in total. The van der Waals surface area contributed by atoms with Crippen molar-refractivity contribution in [2.75, 3.05) is 11.1 Å². The number of halogens is 1. The highest BCUT2D eigenvalue weighted by molar-refractivity contribution is 7.99. The van der Waals surface area contributed by atoms with Crippen LogP contribution in [0.5, 0.6) is 0 Å². The third-order valence-electron chi connectivity index (χ3n) is 5.38. The van der Waals surface area contributed by atoms with Crippen LogP contribution in [0, 0.1) is 12.7 Å². The lowest BCUT2D eigenvalue weighted by Crippen LogP contribution is -2.25. The second-order valence-electron chi connectivity index (χ2n) is 7.86. The summed E-state index contributed by atoms with van der Waals surface area (Å²) >= 11 is 1.20. The molecule has 0 aliphatic heterocycles. The predicted molar refractivity (Wildman–Crippen MR) is 131 cm³/mol. The Hall–Kier alpha value is -3.39. The van der Waals surface area contributed by atoms with Gasteiger partial charge in [0, 0.05) is 31.0 Å². The first-order valence-electron chi connectivity index (χ1n) is 10.7. The Bertz CT molecular complexity index is 1380. The number of rotatable bonds is 7. The van der Waals surface area contributed by atoms with E-state index in [1.165, 1.54) is 23.9 Å². The summed E-state index contributed by atoms with van der Waals surface area (Å²) in [4.78, 5) is 30.8. The lowest BCUT2D eigenvalue weighted by atomic mass is 10.1. The van der Waals surface area contributed by atoms with Gasteiger partial charge in [0.15, 0.2) is 5.16 Å². The van der Waals surface area contributed by atoms with E-state index in [1.54, 1.807) is 17.6 Å². The maximum absolute atomic E-state index is 13.6. The number of hydrogen-bond donors (Lipinski definition) is 1. The summed E-state index contributed by atoms with van der Waals surface area (Å²) in [6.07, 6.45) is 2.67. The summed E-state index contributed by atoms with van der Waals surface area (Å²) < 4.78 is 17.0. The van der Waals surface area contributed by atoms with Gasteiger partial charge in [-0.05, 0) is 36.6 Å². The molecule has 0 aliphatic rings. The number of anilines is 1. The Morgan fingerprint density at radius 2 is 1.94 bits per heavy atom. The summed E-state index contributed by atoms with van der Waals surface area (Å²) in [5.74, 6) is -0.655. The number of fused-ring (bicyclic) bond motifs is 1. The van der Waals surface area contributed by atoms with E-state index in [-0.39, 0.29) is 17.2 Å². The Kier molecular flexibility index (Phi) is 6.65. The van der Waals surface area contributed by atoms with Crippen molar-refractivity contribution in [1.82, 2.24) is 14.1 Å². The molecule has 0 saturated heterocycles. The molecule has 33 heavy (non-hydrogen) atoms. The Balaban J connectivity index is 1.68. The number of carbonyl (C=O) groups is 1. The van der Waals surface area contributed by atoms with Gasteiger partial charge in [-0.25, -0.2) is 9.37 Å². The highest BCUT2D eigenvalue weighted by atomic mass is 32.2. The molecule has 4 rings (SSSR count). The molecule has 0 radical (unpaired) electrons. The molecule has 2 heterocycles. The molecule has 2 aromatic heterocycles. The van der Waals surface area contributed by atoms with Crippen LogP contribution in [0.15, 0.2) is 64.7 Å². The van der Waals surface area contributed by atoms with Crippen molar-refractivity contribution in [1.29, 1.82) is 0 Å². The average molecular weight is 465 g/mol. The fraction of sp³-hybridized carbons (Fsp3) is 0.240. The van der Waals surface area contributed by atoms with Crippen LogP contribution in [0.25, 0.3) is 22.2 Å². The molecule has 0 aliphatic carbocycles. The Morgan fingerprint density at radius 3 is 2.67 bits per heavy atom. The van der Waals surface area contributed by atoms with E-state index in [4.69, 9.17) is 4.98 Å². The highest BCUT2D eigenvalue weighted by Crippen LogP contribution is 2.29. The molecule has 4 aromatic rings. The molecular formula is C25H25FN4O2S. The normalized spacial score (nSPS) is 11.2. The summed E-state index contributed by atoms with van der Waals surface area (Å²) in [6, 6.07) is 14.1. The van der Waals surface area contributed by atoms with Gasteiger partial charge in [0.05, 0.1) is 5.75 Å². The minimum atomic E-state index is -0.412. The third-order valence-corrected chi connectivity index (χ3v) is 6.36. The number of thioether (sulfide) groups is 1. The van der Waals surface area contributed by atoms with Crippen molar-refractivity contribution in [2.45, 2.75) is 32.0 Å². The molecule has 1 amide bonds. The first-order chi connectivity index (χ1) is 15.9. The Morgan fingerprint density at radius 1 is 1.18 bits per heavy atom. The third kappa shape index (κ3) is 4.71. The number of amides is 1. The minimum absolute atomic E-state index is 0.0467. The van der Waals surface area contributed by atoms with Crippen LogP contribution in [0.1, 0.15) is 18.9 Å². The highest BCUT2D eigenvalue weighted by Gasteiger charge is 2.19. The zero-order chi connectivity index (χ0) is 23.5. The molecule has 0 saturated carbocycles. The van der Waals surface area contributed by atoms with Crippen LogP contribution in [-0.2, 0) is 18.4 Å². The summed E-state index contributed by atoms with van der Waals surface area (Å²) in [7, 11) is 1.84. The average Bonchev–Trinajstić information content (AvgIpc) is 3.14. The molecule has 0 bridgehead atoms. The summed E-state index contributed by atoms with van der Waals surface area (Å²) in [5, 5.41) is 3.24. The molecule has 0 spiro atoms. The maximum atomic E-state index is 13.6. The molecule has 2 aromatic carbocycles. The van der Waals surface area contributed by atoms with Gasteiger partial charge in [-0.1, -0.05) is 55.1 Å². The van der Waals surface area contributed by atoms with E-state index >= 15 is 0 Å². The van der Waals surface area contributed by atoms with Crippen molar-refractivity contribution in [2.24, 2.45) is 7.05 Å². The van der Waals surface area contributed by atoms with Crippen LogP contribution >= 0.6 is 11.8 Å². The molecule has 0 fully saturated rings. The van der Waals surface area contributed by atoms with Gasteiger partial charge in [0.2, 0.25) is 5.91 Å². The molecule has 0 unspecified atom stereocenters. The van der Waals surface area contributed by atoms with Gasteiger partial charge in [0.25, 0.3) is 5.56 Å². The number of nitrogens with one attached hydrogen (secondary N) is 1. The maximum Gasteiger partial charge on any atom is 0.278 e. The van der Waals surface area contributed by atoms with Crippen LogP contribution < -0.4 is 10.9 Å². The number of carbonyl (C=O) groups excluding carboxylic acids is 1. The number of benzene rings is 2. The standard InChI is InChI=1S/C25H25FN4O2S/c1-4-12-30-24(32)23-22(19(14-29(23)3)17-8-6-5-7-9-17)28-25(30)33-15-21(31)27-20-13-18(26)11-10-16(20)2/h5-11,13-14H,4,12,15H2,1-3H3,(H,27,31).